The van der Waals surface area contributed by atoms with Gasteiger partial charge in [-0.25, -0.2) is 13.8 Å². The van der Waals surface area contributed by atoms with Crippen LogP contribution in [-0.2, 0) is 16.0 Å². The molecule has 1 heterocycles. The maximum atomic E-state index is 13.8. The van der Waals surface area contributed by atoms with Crippen molar-refractivity contribution in [3.05, 3.63) is 41.9 Å². The van der Waals surface area contributed by atoms with Crippen LogP contribution in [-0.4, -0.2) is 40.8 Å². The molecule has 0 aliphatic carbocycles. The molecule has 0 spiro atoms. The van der Waals surface area contributed by atoms with E-state index in [1.54, 1.807) is 7.05 Å². The Labute approximate surface area is 156 Å². The van der Waals surface area contributed by atoms with Gasteiger partial charge >= 0.3 is 0 Å². The maximum Gasteiger partial charge on any atom is 0.240 e. The Morgan fingerprint density at radius 1 is 1.26 bits per heavy atom. The van der Waals surface area contributed by atoms with Gasteiger partial charge in [0.15, 0.2) is 11.7 Å². The summed E-state index contributed by atoms with van der Waals surface area (Å²) in [6, 6.07) is 3.15. The molecule has 0 atom stereocenters. The minimum Gasteiger partial charge on any atom is -0.441 e. The van der Waals surface area contributed by atoms with E-state index in [2.05, 4.69) is 10.3 Å². The van der Waals surface area contributed by atoms with Crippen molar-refractivity contribution in [1.29, 1.82) is 0 Å². The van der Waals surface area contributed by atoms with Gasteiger partial charge in [-0.15, -0.1) is 0 Å². The van der Waals surface area contributed by atoms with E-state index in [1.807, 2.05) is 20.8 Å². The molecule has 2 amide bonds. The molecule has 8 heteroatoms. The molecular formula is C19H23F2N3O3. The van der Waals surface area contributed by atoms with Crippen molar-refractivity contribution in [3.8, 4) is 11.3 Å². The topological polar surface area (TPSA) is 75.4 Å². The highest BCUT2D eigenvalue weighted by atomic mass is 19.1. The third-order valence-electron chi connectivity index (χ3n) is 3.62. The average Bonchev–Trinajstić information content (AvgIpc) is 2.99. The molecule has 2 aromatic rings. The van der Waals surface area contributed by atoms with E-state index in [-0.39, 0.29) is 54.0 Å². The van der Waals surface area contributed by atoms with Crippen LogP contribution in [0.2, 0.25) is 0 Å². The van der Waals surface area contributed by atoms with Gasteiger partial charge in [-0.05, 0) is 32.9 Å². The fourth-order valence-corrected chi connectivity index (χ4v) is 2.41. The highest BCUT2D eigenvalue weighted by molar-refractivity contribution is 5.85. The number of likely N-dealkylation sites (N-methyl/N-ethyl adjacent to an activating group) is 1. The van der Waals surface area contributed by atoms with E-state index >= 15 is 0 Å². The number of carbonyl (C=O) groups is 2. The smallest absolute Gasteiger partial charge is 0.240 e. The number of amides is 2. The van der Waals surface area contributed by atoms with Crippen LogP contribution in [0.25, 0.3) is 11.3 Å². The van der Waals surface area contributed by atoms with E-state index in [0.717, 1.165) is 12.1 Å². The van der Waals surface area contributed by atoms with Crippen molar-refractivity contribution in [2.24, 2.45) is 0 Å². The summed E-state index contributed by atoms with van der Waals surface area (Å²) in [5.41, 5.74) is -0.275. The van der Waals surface area contributed by atoms with Crippen molar-refractivity contribution >= 4 is 11.8 Å². The number of hydrogen-bond donors (Lipinski definition) is 1. The SMILES string of the molecule is CN(CC(=O)NC(C)(C)C)C(=O)CCc1ncc(-c2ccc(F)cc2F)o1. The number of nitrogens with one attached hydrogen (secondary N) is 1. The lowest BCUT2D eigenvalue weighted by Gasteiger charge is -2.23. The number of hydrogen-bond acceptors (Lipinski definition) is 4. The fourth-order valence-electron chi connectivity index (χ4n) is 2.41. The van der Waals surface area contributed by atoms with Crippen molar-refractivity contribution in [2.75, 3.05) is 13.6 Å². The Kier molecular flexibility index (Phi) is 6.30. The third-order valence-corrected chi connectivity index (χ3v) is 3.62. The first-order chi connectivity index (χ1) is 12.5. The van der Waals surface area contributed by atoms with Crippen LogP contribution < -0.4 is 5.32 Å². The molecule has 0 aliphatic rings. The van der Waals surface area contributed by atoms with Gasteiger partial charge in [-0.3, -0.25) is 9.59 Å². The van der Waals surface area contributed by atoms with Crippen LogP contribution >= 0.6 is 0 Å². The molecule has 1 N–H and O–H groups in total. The van der Waals surface area contributed by atoms with E-state index in [9.17, 15) is 18.4 Å². The van der Waals surface area contributed by atoms with Gasteiger partial charge in [0.25, 0.3) is 0 Å². The van der Waals surface area contributed by atoms with Gasteiger partial charge in [0.1, 0.15) is 11.6 Å². The van der Waals surface area contributed by atoms with Gasteiger partial charge in [0, 0.05) is 31.5 Å². The molecule has 0 radical (unpaired) electrons. The predicted molar refractivity (Wildman–Crippen MR) is 95.7 cm³/mol. The fraction of sp³-hybridized carbons (Fsp3) is 0.421. The molecule has 6 nitrogen and oxygen atoms in total. The lowest BCUT2D eigenvalue weighted by atomic mass is 10.1. The van der Waals surface area contributed by atoms with Crippen molar-refractivity contribution in [2.45, 2.75) is 39.2 Å². The second kappa shape index (κ2) is 8.28. The first-order valence-corrected chi connectivity index (χ1v) is 8.50. The number of halogens is 2. The Hall–Kier alpha value is -2.77. The van der Waals surface area contributed by atoms with Gasteiger partial charge in [-0.2, -0.15) is 0 Å². The quantitative estimate of drug-likeness (QED) is 0.837. The van der Waals surface area contributed by atoms with Crippen LogP contribution in [0.4, 0.5) is 8.78 Å². The summed E-state index contributed by atoms with van der Waals surface area (Å²) in [5.74, 6) is -1.50. The second-order valence-corrected chi connectivity index (χ2v) is 7.29. The van der Waals surface area contributed by atoms with Crippen LogP contribution in [0.5, 0.6) is 0 Å². The number of nitrogens with zero attached hydrogens (tertiary/aromatic N) is 2. The van der Waals surface area contributed by atoms with Gasteiger partial charge in [-0.1, -0.05) is 0 Å². The summed E-state index contributed by atoms with van der Waals surface area (Å²) in [5, 5.41) is 2.78. The van der Waals surface area contributed by atoms with Crippen molar-refractivity contribution in [1.82, 2.24) is 15.2 Å². The van der Waals surface area contributed by atoms with Crippen LogP contribution in [0.15, 0.2) is 28.8 Å². The molecule has 0 saturated heterocycles. The van der Waals surface area contributed by atoms with Crippen LogP contribution in [0.3, 0.4) is 0 Å². The molecule has 0 bridgehead atoms. The minimum atomic E-state index is -0.752. The Morgan fingerprint density at radius 3 is 2.59 bits per heavy atom. The lowest BCUT2D eigenvalue weighted by molar-refractivity contribution is -0.135. The summed E-state index contributed by atoms with van der Waals surface area (Å²) in [4.78, 5) is 29.4. The van der Waals surface area contributed by atoms with E-state index in [4.69, 9.17) is 4.42 Å². The molecule has 146 valence electrons. The van der Waals surface area contributed by atoms with Crippen molar-refractivity contribution < 1.29 is 22.8 Å². The lowest BCUT2D eigenvalue weighted by Crippen LogP contribution is -2.46. The zero-order valence-electron chi connectivity index (χ0n) is 15.8. The van der Waals surface area contributed by atoms with Crippen LogP contribution in [0, 0.1) is 11.6 Å². The molecule has 27 heavy (non-hydrogen) atoms. The third kappa shape index (κ3) is 6.16. The Morgan fingerprint density at radius 2 is 1.96 bits per heavy atom. The first-order valence-electron chi connectivity index (χ1n) is 8.50. The van der Waals surface area contributed by atoms with Gasteiger partial charge in [0.05, 0.1) is 18.3 Å². The zero-order chi connectivity index (χ0) is 20.2. The number of benzene rings is 1. The Balaban J connectivity index is 1.90. The predicted octanol–water partition coefficient (Wildman–Crippen LogP) is 2.93. The second-order valence-electron chi connectivity index (χ2n) is 7.29. The molecule has 0 aliphatic heterocycles. The first kappa shape index (κ1) is 20.5. The standard InChI is InChI=1S/C19H23F2N3O3/c1-19(2,3)23-16(25)11-24(4)18(26)8-7-17-22-10-15(27-17)13-6-5-12(20)9-14(13)21/h5-6,9-10H,7-8,11H2,1-4H3,(H,23,25). The largest absolute Gasteiger partial charge is 0.441 e. The zero-order valence-corrected chi connectivity index (χ0v) is 15.8. The maximum absolute atomic E-state index is 13.8. The highest BCUT2D eigenvalue weighted by Gasteiger charge is 2.18. The van der Waals surface area contributed by atoms with E-state index in [0.29, 0.717) is 0 Å². The molecule has 0 unspecified atom stereocenters. The van der Waals surface area contributed by atoms with E-state index < -0.39 is 11.6 Å². The monoisotopic (exact) mass is 379 g/mol. The average molecular weight is 379 g/mol. The molecule has 1 aromatic heterocycles. The number of oxazole rings is 1. The summed E-state index contributed by atoms with van der Waals surface area (Å²) >= 11 is 0. The minimum absolute atomic E-state index is 0.0479. The normalized spacial score (nSPS) is 11.3. The number of aromatic nitrogens is 1. The number of aryl methyl sites for hydroxylation is 1. The molecule has 1 aromatic carbocycles. The van der Waals surface area contributed by atoms with Crippen LogP contribution in [0.1, 0.15) is 33.1 Å². The van der Waals surface area contributed by atoms with Gasteiger partial charge in [0.2, 0.25) is 11.8 Å². The molecular weight excluding hydrogens is 356 g/mol. The highest BCUT2D eigenvalue weighted by Crippen LogP contribution is 2.24. The molecule has 0 saturated carbocycles. The number of carbonyl (C=O) groups excluding carboxylic acids is 2. The van der Waals surface area contributed by atoms with E-state index in [1.165, 1.54) is 17.2 Å². The number of rotatable bonds is 6. The molecule has 2 rings (SSSR count). The summed E-state index contributed by atoms with van der Waals surface area (Å²) < 4.78 is 32.2. The Bertz CT molecular complexity index is 828. The summed E-state index contributed by atoms with van der Waals surface area (Å²) in [7, 11) is 1.54. The summed E-state index contributed by atoms with van der Waals surface area (Å²) in [6.45, 7) is 5.53. The van der Waals surface area contributed by atoms with Gasteiger partial charge < -0.3 is 14.6 Å². The molecule has 0 fully saturated rings. The van der Waals surface area contributed by atoms with Crippen molar-refractivity contribution in [3.63, 3.8) is 0 Å². The summed E-state index contributed by atoms with van der Waals surface area (Å²) in [6.07, 6.45) is 1.62.